The van der Waals surface area contributed by atoms with E-state index in [1.807, 2.05) is 36.5 Å². The van der Waals surface area contributed by atoms with E-state index in [1.54, 1.807) is 29.2 Å². The fourth-order valence-electron chi connectivity index (χ4n) is 3.17. The molecule has 0 bridgehead atoms. The van der Waals surface area contributed by atoms with Gasteiger partial charge in [-0.05, 0) is 62.8 Å². The van der Waals surface area contributed by atoms with Crippen LogP contribution in [-0.2, 0) is 9.59 Å². The summed E-state index contributed by atoms with van der Waals surface area (Å²) in [6.45, 7) is 1.25. The Balaban J connectivity index is 2.03. The van der Waals surface area contributed by atoms with E-state index in [0.29, 0.717) is 17.1 Å². The van der Waals surface area contributed by atoms with Gasteiger partial charge in [-0.3, -0.25) is 9.59 Å². The highest BCUT2D eigenvalue weighted by Gasteiger charge is 2.46. The van der Waals surface area contributed by atoms with E-state index in [0.717, 1.165) is 17.8 Å². The number of Topliss-reactive ketones (excluding diaryl/α,β-unsaturated/α-hetero) is 1. The highest BCUT2D eigenvalue weighted by atomic mass is 35.5. The van der Waals surface area contributed by atoms with Crippen LogP contribution >= 0.6 is 22.9 Å². The maximum absolute atomic E-state index is 12.8. The fourth-order valence-corrected chi connectivity index (χ4v) is 4.15. The van der Waals surface area contributed by atoms with E-state index in [1.165, 1.54) is 11.3 Å². The highest BCUT2D eigenvalue weighted by molar-refractivity contribution is 7.10. The number of thiophene rings is 1. The average Bonchev–Trinajstić information content (AvgIpc) is 3.24. The van der Waals surface area contributed by atoms with Crippen LogP contribution in [0.5, 0.6) is 0 Å². The average molecular weight is 405 g/mol. The van der Waals surface area contributed by atoms with Gasteiger partial charge in [-0.25, -0.2) is 0 Å². The van der Waals surface area contributed by atoms with Crippen LogP contribution in [-0.4, -0.2) is 53.8 Å². The Morgan fingerprint density at radius 3 is 2.52 bits per heavy atom. The van der Waals surface area contributed by atoms with Crippen molar-refractivity contribution in [2.24, 2.45) is 0 Å². The van der Waals surface area contributed by atoms with Gasteiger partial charge in [0.2, 0.25) is 0 Å². The summed E-state index contributed by atoms with van der Waals surface area (Å²) in [5.74, 6) is -1.38. The van der Waals surface area contributed by atoms with Crippen LogP contribution in [0.2, 0.25) is 5.02 Å². The molecule has 1 aliphatic rings. The minimum atomic E-state index is -0.647. The number of carbonyl (C=O) groups is 2. The maximum Gasteiger partial charge on any atom is 0.295 e. The second-order valence-corrected chi connectivity index (χ2v) is 8.09. The van der Waals surface area contributed by atoms with Gasteiger partial charge in [0.1, 0.15) is 5.76 Å². The third kappa shape index (κ3) is 4.08. The molecule has 3 rings (SSSR count). The van der Waals surface area contributed by atoms with Gasteiger partial charge >= 0.3 is 0 Å². The van der Waals surface area contributed by atoms with Crippen LogP contribution in [0.1, 0.15) is 22.9 Å². The number of aliphatic hydroxyl groups excluding tert-OH is 1. The Bertz CT molecular complexity index is 860. The Hall–Kier alpha value is -2.15. The van der Waals surface area contributed by atoms with Gasteiger partial charge in [0.05, 0.1) is 11.6 Å². The van der Waals surface area contributed by atoms with Gasteiger partial charge in [0, 0.05) is 22.0 Å². The van der Waals surface area contributed by atoms with E-state index in [9.17, 15) is 14.7 Å². The van der Waals surface area contributed by atoms with Crippen LogP contribution in [0.15, 0.2) is 47.4 Å². The number of aliphatic hydroxyl groups is 1. The second kappa shape index (κ2) is 8.25. The molecule has 1 N–H and O–H groups in total. The van der Waals surface area contributed by atoms with Crippen LogP contribution in [0.25, 0.3) is 5.76 Å². The van der Waals surface area contributed by atoms with Crippen molar-refractivity contribution in [3.8, 4) is 0 Å². The van der Waals surface area contributed by atoms with Gasteiger partial charge in [-0.1, -0.05) is 17.7 Å². The topological polar surface area (TPSA) is 60.9 Å². The Kier molecular flexibility index (Phi) is 5.99. The SMILES string of the molecule is CN(C)CCCN1C(=O)C(=O)C(=C(O)c2ccc(Cl)cc2)[C@H]1c1cccs1. The molecule has 0 unspecified atom stereocenters. The molecule has 5 nitrogen and oxygen atoms in total. The quantitative estimate of drug-likeness (QED) is 0.452. The van der Waals surface area contributed by atoms with Crippen molar-refractivity contribution in [1.82, 2.24) is 9.80 Å². The Labute approximate surface area is 167 Å². The van der Waals surface area contributed by atoms with Gasteiger partial charge in [0.25, 0.3) is 11.7 Å². The zero-order chi connectivity index (χ0) is 19.6. The number of halogens is 1. The molecular weight excluding hydrogens is 384 g/mol. The summed E-state index contributed by atoms with van der Waals surface area (Å²) in [6.07, 6.45) is 0.739. The third-order valence-corrected chi connectivity index (χ3v) is 5.65. The van der Waals surface area contributed by atoms with Gasteiger partial charge < -0.3 is 14.9 Å². The van der Waals surface area contributed by atoms with Crippen molar-refractivity contribution >= 4 is 40.4 Å². The number of rotatable bonds is 6. The molecule has 0 saturated carbocycles. The van der Waals surface area contributed by atoms with Crippen LogP contribution in [0, 0.1) is 0 Å². The number of likely N-dealkylation sites (tertiary alicyclic amines) is 1. The van der Waals surface area contributed by atoms with Crippen molar-refractivity contribution in [2.45, 2.75) is 12.5 Å². The summed E-state index contributed by atoms with van der Waals surface area (Å²) in [4.78, 5) is 29.9. The first-order chi connectivity index (χ1) is 12.9. The molecule has 1 aliphatic heterocycles. The van der Waals surface area contributed by atoms with Crippen LogP contribution in [0.3, 0.4) is 0 Å². The summed E-state index contributed by atoms with van der Waals surface area (Å²) >= 11 is 7.38. The summed E-state index contributed by atoms with van der Waals surface area (Å²) in [5, 5.41) is 13.3. The predicted molar refractivity (Wildman–Crippen MR) is 108 cm³/mol. The van der Waals surface area contributed by atoms with Gasteiger partial charge in [-0.15, -0.1) is 11.3 Å². The molecule has 2 heterocycles. The number of ketones is 1. The number of hydrogen-bond acceptors (Lipinski definition) is 5. The van der Waals surface area contributed by atoms with E-state index in [4.69, 9.17) is 11.6 Å². The fraction of sp³-hybridized carbons (Fsp3) is 0.300. The Morgan fingerprint density at radius 2 is 1.93 bits per heavy atom. The highest BCUT2D eigenvalue weighted by Crippen LogP contribution is 2.41. The molecule has 0 spiro atoms. The number of benzene rings is 1. The summed E-state index contributed by atoms with van der Waals surface area (Å²) < 4.78 is 0. The Morgan fingerprint density at radius 1 is 1.22 bits per heavy atom. The molecule has 1 saturated heterocycles. The van der Waals surface area contributed by atoms with Crippen molar-refractivity contribution in [2.75, 3.05) is 27.2 Å². The zero-order valence-electron chi connectivity index (χ0n) is 15.2. The first-order valence-corrected chi connectivity index (χ1v) is 9.88. The summed E-state index contributed by atoms with van der Waals surface area (Å²) in [6, 6.07) is 9.76. The molecule has 7 heteroatoms. The molecule has 1 amide bonds. The lowest BCUT2D eigenvalue weighted by molar-refractivity contribution is -0.139. The molecular formula is C20H21ClN2O3S. The summed E-state index contributed by atoms with van der Waals surface area (Å²) in [7, 11) is 3.93. The predicted octanol–water partition coefficient (Wildman–Crippen LogP) is 3.77. The molecule has 2 aromatic rings. The maximum atomic E-state index is 12.8. The van der Waals surface area contributed by atoms with Crippen molar-refractivity contribution in [3.63, 3.8) is 0 Å². The van der Waals surface area contributed by atoms with Gasteiger partial charge in [-0.2, -0.15) is 0 Å². The molecule has 142 valence electrons. The van der Waals surface area contributed by atoms with Crippen LogP contribution in [0.4, 0.5) is 0 Å². The number of carbonyl (C=O) groups excluding carboxylic acids is 2. The monoisotopic (exact) mass is 404 g/mol. The molecule has 0 radical (unpaired) electrons. The van der Waals surface area contributed by atoms with Crippen LogP contribution < -0.4 is 0 Å². The largest absolute Gasteiger partial charge is 0.507 e. The van der Waals surface area contributed by atoms with E-state index >= 15 is 0 Å². The standard InChI is InChI=1S/C20H21ClN2O3S/c1-22(2)10-4-11-23-17(15-5-3-12-27-15)16(19(25)20(23)26)18(24)13-6-8-14(21)9-7-13/h3,5-9,12,17,24H,4,10-11H2,1-2H3/t17-/m1/s1. The third-order valence-electron chi connectivity index (χ3n) is 4.47. The lowest BCUT2D eigenvalue weighted by Gasteiger charge is -2.24. The van der Waals surface area contributed by atoms with Crippen molar-refractivity contribution < 1.29 is 14.7 Å². The lowest BCUT2D eigenvalue weighted by Crippen LogP contribution is -2.32. The minimum Gasteiger partial charge on any atom is -0.507 e. The molecule has 0 aliphatic carbocycles. The molecule has 1 atom stereocenters. The normalized spacial score (nSPS) is 19.3. The molecule has 1 aromatic carbocycles. The number of nitrogens with zero attached hydrogens (tertiary/aromatic N) is 2. The first kappa shape index (κ1) is 19.6. The number of hydrogen-bond donors (Lipinski definition) is 1. The lowest BCUT2D eigenvalue weighted by atomic mass is 10.00. The van der Waals surface area contributed by atoms with E-state index < -0.39 is 17.7 Å². The first-order valence-electron chi connectivity index (χ1n) is 8.62. The van der Waals surface area contributed by atoms with E-state index in [2.05, 4.69) is 0 Å². The molecule has 27 heavy (non-hydrogen) atoms. The van der Waals surface area contributed by atoms with Gasteiger partial charge in [0.15, 0.2) is 0 Å². The number of amides is 1. The zero-order valence-corrected chi connectivity index (χ0v) is 16.8. The van der Waals surface area contributed by atoms with Crippen molar-refractivity contribution in [1.29, 1.82) is 0 Å². The summed E-state index contributed by atoms with van der Waals surface area (Å²) in [5.41, 5.74) is 0.599. The van der Waals surface area contributed by atoms with E-state index in [-0.39, 0.29) is 11.3 Å². The van der Waals surface area contributed by atoms with Crippen molar-refractivity contribution in [3.05, 3.63) is 62.8 Å². The second-order valence-electron chi connectivity index (χ2n) is 6.67. The smallest absolute Gasteiger partial charge is 0.295 e. The minimum absolute atomic E-state index is 0.134. The molecule has 1 aromatic heterocycles. The molecule has 1 fully saturated rings.